The second kappa shape index (κ2) is 7.65. The lowest BCUT2D eigenvalue weighted by Crippen LogP contribution is -2.32. The molecule has 0 spiro atoms. The van der Waals surface area contributed by atoms with Crippen LogP contribution in [0.5, 0.6) is 0 Å². The molecule has 18 heavy (non-hydrogen) atoms. The van der Waals surface area contributed by atoms with E-state index in [9.17, 15) is 14.4 Å². The number of hydrogen-bond acceptors (Lipinski definition) is 6. The Bertz CT molecular complexity index is 301. The van der Waals surface area contributed by atoms with E-state index in [1.807, 2.05) is 6.92 Å². The van der Waals surface area contributed by atoms with E-state index in [0.717, 1.165) is 12.8 Å². The van der Waals surface area contributed by atoms with Crippen molar-refractivity contribution in [3.63, 3.8) is 0 Å². The number of carbonyl (C=O) groups is 3. The largest absolute Gasteiger partial charge is 0.534 e. The first-order chi connectivity index (χ1) is 8.65. The Labute approximate surface area is 105 Å². The van der Waals surface area contributed by atoms with Crippen LogP contribution in [0.15, 0.2) is 0 Å². The van der Waals surface area contributed by atoms with Crippen molar-refractivity contribution >= 4 is 18.0 Å². The third-order valence-electron chi connectivity index (χ3n) is 2.26. The molecule has 7 heteroatoms. The van der Waals surface area contributed by atoms with E-state index in [1.165, 1.54) is 0 Å². The fraction of sp³-hybridized carbons (Fsp3) is 0.727. The average Bonchev–Trinajstić information content (AvgIpc) is 2.65. The number of unbranched alkanes of at least 4 members (excludes halogenated alkanes) is 1. The zero-order valence-electron chi connectivity index (χ0n) is 10.3. The van der Waals surface area contributed by atoms with Crippen LogP contribution in [0.1, 0.15) is 32.6 Å². The summed E-state index contributed by atoms with van der Waals surface area (Å²) in [6.45, 7) is 2.94. The zero-order chi connectivity index (χ0) is 13.4. The van der Waals surface area contributed by atoms with Gasteiger partial charge in [-0.3, -0.25) is 14.4 Å². The van der Waals surface area contributed by atoms with Gasteiger partial charge in [0.05, 0.1) is 6.61 Å². The number of hydrogen-bond donors (Lipinski definition) is 0. The maximum absolute atomic E-state index is 11.1. The van der Waals surface area contributed by atoms with Crippen molar-refractivity contribution in [1.29, 1.82) is 0 Å². The highest BCUT2D eigenvalue weighted by atomic mass is 16.8. The van der Waals surface area contributed by atoms with Gasteiger partial charge in [0.2, 0.25) is 0 Å². The molecule has 0 atom stereocenters. The van der Waals surface area contributed by atoms with Crippen LogP contribution in [0.4, 0.5) is 4.79 Å². The van der Waals surface area contributed by atoms with E-state index in [4.69, 9.17) is 4.74 Å². The summed E-state index contributed by atoms with van der Waals surface area (Å²) in [5.74, 6) is -1.06. The normalized spacial score (nSPS) is 15.1. The van der Waals surface area contributed by atoms with E-state index in [2.05, 4.69) is 9.57 Å². The van der Waals surface area contributed by atoms with E-state index < -0.39 is 18.0 Å². The van der Waals surface area contributed by atoms with Gasteiger partial charge in [0.15, 0.2) is 0 Å². The van der Waals surface area contributed by atoms with Gasteiger partial charge < -0.3 is 9.47 Å². The molecule has 1 aliphatic heterocycles. The molecule has 2 amide bonds. The van der Waals surface area contributed by atoms with Crippen molar-refractivity contribution in [1.82, 2.24) is 5.06 Å². The van der Waals surface area contributed by atoms with Gasteiger partial charge in [0.25, 0.3) is 11.8 Å². The average molecular weight is 259 g/mol. The molecular weight excluding hydrogens is 242 g/mol. The number of hydroxylamine groups is 2. The maximum atomic E-state index is 11.1. The standard InChI is InChI=1S/C11H17NO6/c1-2-3-6-16-7-8-17-11(15)18-12-9(13)4-5-10(12)14/h2-8H2,1H3. The predicted octanol–water partition coefficient (Wildman–Crippen LogP) is 1.02. The highest BCUT2D eigenvalue weighted by molar-refractivity contribution is 6.01. The fourth-order valence-corrected chi connectivity index (χ4v) is 1.29. The fourth-order valence-electron chi connectivity index (χ4n) is 1.29. The molecular formula is C11H17NO6. The van der Waals surface area contributed by atoms with Crippen LogP contribution in [0, 0.1) is 0 Å². The van der Waals surface area contributed by atoms with E-state index in [0.29, 0.717) is 11.7 Å². The van der Waals surface area contributed by atoms with Crippen molar-refractivity contribution < 1.29 is 28.7 Å². The summed E-state index contributed by atoms with van der Waals surface area (Å²) in [6, 6.07) is 0. The third-order valence-corrected chi connectivity index (χ3v) is 2.26. The van der Waals surface area contributed by atoms with Crippen LogP contribution in [0.25, 0.3) is 0 Å². The van der Waals surface area contributed by atoms with Crippen molar-refractivity contribution in [2.24, 2.45) is 0 Å². The Hall–Kier alpha value is -1.63. The number of carbonyl (C=O) groups excluding carboxylic acids is 3. The van der Waals surface area contributed by atoms with Gasteiger partial charge in [-0.2, -0.15) is 0 Å². The Morgan fingerprint density at radius 1 is 1.17 bits per heavy atom. The molecule has 0 aliphatic carbocycles. The molecule has 7 nitrogen and oxygen atoms in total. The molecule has 1 saturated heterocycles. The second-order valence-corrected chi connectivity index (χ2v) is 3.74. The van der Waals surface area contributed by atoms with E-state index in [1.54, 1.807) is 0 Å². The highest BCUT2D eigenvalue weighted by Crippen LogP contribution is 2.12. The van der Waals surface area contributed by atoms with Gasteiger partial charge in [-0.15, -0.1) is 0 Å². The summed E-state index contributed by atoms with van der Waals surface area (Å²) < 4.78 is 9.80. The lowest BCUT2D eigenvalue weighted by atomic mass is 10.4. The third kappa shape index (κ3) is 4.70. The molecule has 1 fully saturated rings. The van der Waals surface area contributed by atoms with Crippen LogP contribution in [0.2, 0.25) is 0 Å². The topological polar surface area (TPSA) is 82.1 Å². The second-order valence-electron chi connectivity index (χ2n) is 3.74. The highest BCUT2D eigenvalue weighted by Gasteiger charge is 2.33. The van der Waals surface area contributed by atoms with Gasteiger partial charge in [0, 0.05) is 19.4 Å². The summed E-state index contributed by atoms with van der Waals surface area (Å²) in [6.07, 6.45) is 1.03. The molecule has 0 saturated carbocycles. The van der Waals surface area contributed by atoms with Gasteiger partial charge >= 0.3 is 6.16 Å². The summed E-state index contributed by atoms with van der Waals surface area (Å²) in [5.41, 5.74) is 0. The van der Waals surface area contributed by atoms with Crippen molar-refractivity contribution in [2.45, 2.75) is 32.6 Å². The molecule has 0 unspecified atom stereocenters. The monoisotopic (exact) mass is 259 g/mol. The number of nitrogens with zero attached hydrogens (tertiary/aromatic N) is 1. The summed E-state index contributed by atoms with van der Waals surface area (Å²) >= 11 is 0. The molecule has 1 aliphatic rings. The molecule has 102 valence electrons. The molecule has 0 aromatic carbocycles. The van der Waals surface area contributed by atoms with Crippen molar-refractivity contribution in [3.8, 4) is 0 Å². The quantitative estimate of drug-likeness (QED) is 0.385. The van der Waals surface area contributed by atoms with E-state index in [-0.39, 0.29) is 26.1 Å². The van der Waals surface area contributed by atoms with E-state index >= 15 is 0 Å². The minimum absolute atomic E-state index is 0.0266. The van der Waals surface area contributed by atoms with Crippen LogP contribution < -0.4 is 0 Å². The summed E-state index contributed by atoms with van der Waals surface area (Å²) in [7, 11) is 0. The molecule has 0 aromatic rings. The Balaban J connectivity index is 2.10. The minimum atomic E-state index is -1.07. The van der Waals surface area contributed by atoms with Gasteiger partial charge in [-0.05, 0) is 6.42 Å². The first-order valence-corrected chi connectivity index (χ1v) is 5.93. The van der Waals surface area contributed by atoms with Crippen LogP contribution >= 0.6 is 0 Å². The molecule has 0 bridgehead atoms. The number of imide groups is 1. The Kier molecular flexibility index (Phi) is 6.13. The molecule has 1 heterocycles. The lowest BCUT2D eigenvalue weighted by Gasteiger charge is -2.12. The van der Waals surface area contributed by atoms with Gasteiger partial charge in [0.1, 0.15) is 6.61 Å². The number of amides is 2. The number of ether oxygens (including phenoxy) is 2. The van der Waals surface area contributed by atoms with Crippen LogP contribution in [-0.2, 0) is 23.9 Å². The molecule has 0 aromatic heterocycles. The lowest BCUT2D eigenvalue weighted by molar-refractivity contribution is -0.177. The summed E-state index contributed by atoms with van der Waals surface area (Å²) in [4.78, 5) is 37.8. The Morgan fingerprint density at radius 2 is 1.83 bits per heavy atom. The first kappa shape index (κ1) is 14.4. The number of rotatable bonds is 7. The first-order valence-electron chi connectivity index (χ1n) is 5.93. The van der Waals surface area contributed by atoms with Crippen LogP contribution in [0.3, 0.4) is 0 Å². The maximum Gasteiger partial charge on any atom is 0.534 e. The van der Waals surface area contributed by atoms with Crippen molar-refractivity contribution in [2.75, 3.05) is 19.8 Å². The molecule has 0 radical (unpaired) electrons. The zero-order valence-corrected chi connectivity index (χ0v) is 10.3. The smallest absolute Gasteiger partial charge is 0.430 e. The minimum Gasteiger partial charge on any atom is -0.430 e. The Morgan fingerprint density at radius 3 is 2.44 bits per heavy atom. The summed E-state index contributed by atoms with van der Waals surface area (Å²) in [5, 5.41) is 0.445. The molecule has 1 rings (SSSR count). The van der Waals surface area contributed by atoms with Gasteiger partial charge in [-0.1, -0.05) is 18.4 Å². The van der Waals surface area contributed by atoms with Crippen molar-refractivity contribution in [3.05, 3.63) is 0 Å². The predicted molar refractivity (Wildman–Crippen MR) is 59.2 cm³/mol. The van der Waals surface area contributed by atoms with Gasteiger partial charge in [-0.25, -0.2) is 4.79 Å². The van der Waals surface area contributed by atoms with Crippen LogP contribution in [-0.4, -0.2) is 42.9 Å². The molecule has 0 N–H and O–H groups in total. The SMILES string of the molecule is CCCCOCCOC(=O)ON1C(=O)CCC1=O.